The average Bonchev–Trinajstić information content (AvgIpc) is 3.28. The molecule has 0 aromatic heterocycles. The molecule has 5 rings (SSSR count). The fourth-order valence-corrected chi connectivity index (χ4v) is 6.03. The molecule has 1 aliphatic carbocycles. The van der Waals surface area contributed by atoms with E-state index in [1.165, 1.54) is 37.1 Å². The van der Waals surface area contributed by atoms with Crippen LogP contribution in [0.2, 0.25) is 0 Å². The molecule has 1 aromatic carbocycles. The highest BCUT2D eigenvalue weighted by molar-refractivity contribution is 9.10. The van der Waals surface area contributed by atoms with Crippen molar-refractivity contribution in [1.82, 2.24) is 9.80 Å². The highest BCUT2D eigenvalue weighted by atomic mass is 79.9. The molecule has 1 spiro atoms. The lowest BCUT2D eigenvalue weighted by Gasteiger charge is -2.36. The number of hydrogen-bond acceptors (Lipinski definition) is 5. The van der Waals surface area contributed by atoms with Gasteiger partial charge in [-0.25, -0.2) is 0 Å². The number of rotatable bonds is 4. The summed E-state index contributed by atoms with van der Waals surface area (Å²) in [5.74, 6) is 1.67. The smallest absolute Gasteiger partial charge is 0.166 e. The lowest BCUT2D eigenvalue weighted by molar-refractivity contribution is 0.0805. The summed E-state index contributed by atoms with van der Waals surface area (Å²) >= 11 is 3.82. The molecule has 0 saturated carbocycles. The Balaban J connectivity index is 1.51. The Morgan fingerprint density at radius 3 is 2.82 bits per heavy atom. The molecule has 0 radical (unpaired) electrons. The van der Waals surface area contributed by atoms with E-state index in [0.29, 0.717) is 6.42 Å². The first-order valence-corrected chi connectivity index (χ1v) is 11.3. The molecule has 3 atom stereocenters. The van der Waals surface area contributed by atoms with Crippen LogP contribution in [-0.4, -0.2) is 66.9 Å². The number of benzene rings is 1. The Hall–Kier alpha value is -1.08. The van der Waals surface area contributed by atoms with Gasteiger partial charge in [0, 0.05) is 36.1 Å². The van der Waals surface area contributed by atoms with Gasteiger partial charge in [-0.3, -0.25) is 4.90 Å². The average molecular weight is 449 g/mol. The SMILES string of the molecule is COc1cc(Br)c2c3c1OC1C[C@@H](O)C=CC31CCN(CCN1CCCC1)C2. The molecule has 1 N–H and O–H groups in total. The van der Waals surface area contributed by atoms with Crippen molar-refractivity contribution in [3.05, 3.63) is 33.8 Å². The number of halogens is 1. The van der Waals surface area contributed by atoms with Crippen LogP contribution in [0.4, 0.5) is 0 Å². The third kappa shape index (κ3) is 3.00. The molecule has 3 aliphatic heterocycles. The lowest BCUT2D eigenvalue weighted by Crippen LogP contribution is -2.43. The summed E-state index contributed by atoms with van der Waals surface area (Å²) in [7, 11) is 1.70. The summed E-state index contributed by atoms with van der Waals surface area (Å²) in [5, 5.41) is 10.2. The van der Waals surface area contributed by atoms with Crippen LogP contribution in [0.5, 0.6) is 11.5 Å². The Morgan fingerprint density at radius 2 is 2.04 bits per heavy atom. The molecule has 0 amide bonds. The Labute approximate surface area is 175 Å². The standard InChI is InChI=1S/C22H29BrN2O3/c1-27-18-13-17(23)16-14-25(11-10-24-7-2-3-8-24)9-6-22-5-4-15(26)12-19(22)28-21(18)20(16)22/h4-5,13,15,19,26H,2-3,6-12,14H2,1H3/t15-,19?,22?/m0/s1. The first kappa shape index (κ1) is 18.9. The molecule has 1 fully saturated rings. The lowest BCUT2D eigenvalue weighted by atomic mass is 9.69. The van der Waals surface area contributed by atoms with E-state index in [0.717, 1.165) is 48.6 Å². The van der Waals surface area contributed by atoms with E-state index < -0.39 is 6.10 Å². The van der Waals surface area contributed by atoms with Crippen molar-refractivity contribution in [2.75, 3.05) is 39.8 Å². The van der Waals surface area contributed by atoms with E-state index in [4.69, 9.17) is 9.47 Å². The number of ether oxygens (including phenoxy) is 2. The minimum absolute atomic E-state index is 0.0250. The molecule has 4 aliphatic rings. The monoisotopic (exact) mass is 448 g/mol. The Kier molecular flexibility index (Phi) is 4.94. The molecule has 1 aromatic rings. The molecule has 152 valence electrons. The fourth-order valence-electron chi connectivity index (χ4n) is 5.50. The maximum Gasteiger partial charge on any atom is 0.166 e. The Bertz CT molecular complexity index is 792. The number of hydrogen-bond donors (Lipinski definition) is 1. The fraction of sp³-hybridized carbons (Fsp3) is 0.636. The van der Waals surface area contributed by atoms with E-state index in [1.54, 1.807) is 7.11 Å². The number of likely N-dealkylation sites (tertiary alicyclic amines) is 1. The van der Waals surface area contributed by atoms with Crippen LogP contribution < -0.4 is 9.47 Å². The molecule has 3 heterocycles. The number of aliphatic hydroxyl groups excluding tert-OH is 1. The van der Waals surface area contributed by atoms with Crippen LogP contribution in [0, 0.1) is 0 Å². The van der Waals surface area contributed by atoms with Gasteiger partial charge >= 0.3 is 0 Å². The van der Waals surface area contributed by atoms with Crippen molar-refractivity contribution in [2.24, 2.45) is 0 Å². The zero-order valence-electron chi connectivity index (χ0n) is 16.5. The molecule has 5 nitrogen and oxygen atoms in total. The second kappa shape index (κ2) is 7.31. The van der Waals surface area contributed by atoms with Gasteiger partial charge < -0.3 is 19.5 Å². The van der Waals surface area contributed by atoms with Crippen LogP contribution in [0.1, 0.15) is 36.8 Å². The quantitative estimate of drug-likeness (QED) is 0.716. The van der Waals surface area contributed by atoms with Crippen molar-refractivity contribution in [3.63, 3.8) is 0 Å². The predicted molar refractivity (Wildman–Crippen MR) is 112 cm³/mol. The zero-order valence-corrected chi connectivity index (χ0v) is 18.1. The van der Waals surface area contributed by atoms with Gasteiger partial charge in [-0.2, -0.15) is 0 Å². The van der Waals surface area contributed by atoms with Crippen molar-refractivity contribution in [3.8, 4) is 11.5 Å². The third-order valence-corrected chi connectivity index (χ3v) is 7.75. The normalized spacial score (nSPS) is 32.0. The highest BCUT2D eigenvalue weighted by Gasteiger charge is 2.53. The summed E-state index contributed by atoms with van der Waals surface area (Å²) in [6, 6.07) is 2.04. The summed E-state index contributed by atoms with van der Waals surface area (Å²) < 4.78 is 13.2. The molecule has 6 heteroatoms. The summed E-state index contributed by atoms with van der Waals surface area (Å²) in [5.41, 5.74) is 2.43. The minimum Gasteiger partial charge on any atom is -0.493 e. The van der Waals surface area contributed by atoms with Gasteiger partial charge in [0.25, 0.3) is 0 Å². The maximum atomic E-state index is 10.2. The number of aliphatic hydroxyl groups is 1. The van der Waals surface area contributed by atoms with Crippen LogP contribution in [0.15, 0.2) is 22.7 Å². The predicted octanol–water partition coefficient (Wildman–Crippen LogP) is 3.08. The third-order valence-electron chi connectivity index (χ3n) is 7.04. The van der Waals surface area contributed by atoms with Gasteiger partial charge in [0.2, 0.25) is 0 Å². The summed E-state index contributed by atoms with van der Waals surface area (Å²) in [4.78, 5) is 5.18. The first-order valence-electron chi connectivity index (χ1n) is 10.5. The summed E-state index contributed by atoms with van der Waals surface area (Å²) in [6.45, 7) is 6.70. The molecule has 2 unspecified atom stereocenters. The van der Waals surface area contributed by atoms with Crippen molar-refractivity contribution in [2.45, 2.75) is 49.9 Å². The maximum absolute atomic E-state index is 10.2. The van der Waals surface area contributed by atoms with Crippen molar-refractivity contribution >= 4 is 15.9 Å². The van der Waals surface area contributed by atoms with Gasteiger partial charge in [0.05, 0.1) is 18.6 Å². The van der Waals surface area contributed by atoms with Gasteiger partial charge in [-0.05, 0) is 50.5 Å². The second-order valence-corrected chi connectivity index (χ2v) is 9.48. The van der Waals surface area contributed by atoms with Crippen LogP contribution in [0.3, 0.4) is 0 Å². The first-order chi connectivity index (χ1) is 13.6. The number of methoxy groups -OCH3 is 1. The number of nitrogens with zero attached hydrogens (tertiary/aromatic N) is 2. The highest BCUT2D eigenvalue weighted by Crippen LogP contribution is 2.57. The Morgan fingerprint density at radius 1 is 1.25 bits per heavy atom. The van der Waals surface area contributed by atoms with Gasteiger partial charge in [-0.1, -0.05) is 28.1 Å². The van der Waals surface area contributed by atoms with Gasteiger partial charge in [0.15, 0.2) is 11.5 Å². The zero-order chi connectivity index (χ0) is 19.3. The largest absolute Gasteiger partial charge is 0.493 e. The van der Waals surface area contributed by atoms with E-state index in [2.05, 4.69) is 31.8 Å². The second-order valence-electron chi connectivity index (χ2n) is 8.63. The molecule has 28 heavy (non-hydrogen) atoms. The van der Waals surface area contributed by atoms with E-state index >= 15 is 0 Å². The van der Waals surface area contributed by atoms with Crippen LogP contribution in [0.25, 0.3) is 0 Å². The van der Waals surface area contributed by atoms with Crippen LogP contribution >= 0.6 is 15.9 Å². The minimum atomic E-state index is -0.433. The van der Waals surface area contributed by atoms with Gasteiger partial charge in [0.1, 0.15) is 6.10 Å². The molecular weight excluding hydrogens is 420 g/mol. The molecule has 0 bridgehead atoms. The molecular formula is C22H29BrN2O3. The van der Waals surface area contributed by atoms with E-state index in [9.17, 15) is 5.11 Å². The van der Waals surface area contributed by atoms with Gasteiger partial charge in [-0.15, -0.1) is 0 Å². The van der Waals surface area contributed by atoms with Crippen LogP contribution in [-0.2, 0) is 12.0 Å². The summed E-state index contributed by atoms with van der Waals surface area (Å²) in [6.07, 6.45) is 8.06. The van der Waals surface area contributed by atoms with Crippen molar-refractivity contribution < 1.29 is 14.6 Å². The van der Waals surface area contributed by atoms with Crippen molar-refractivity contribution in [1.29, 1.82) is 0 Å². The van der Waals surface area contributed by atoms with E-state index in [-0.39, 0.29) is 11.5 Å². The van der Waals surface area contributed by atoms with E-state index in [1.807, 2.05) is 12.1 Å². The molecule has 1 saturated heterocycles. The topological polar surface area (TPSA) is 45.2 Å².